The van der Waals surface area contributed by atoms with Crippen molar-refractivity contribution in [2.75, 3.05) is 11.9 Å². The number of aryl methyl sites for hydroxylation is 3. The fraction of sp³-hybridized carbons (Fsp3) is 0.333. The van der Waals surface area contributed by atoms with Crippen molar-refractivity contribution in [3.05, 3.63) is 53.2 Å². The molecule has 1 heterocycles. The van der Waals surface area contributed by atoms with Crippen LogP contribution in [0.3, 0.4) is 0 Å². The van der Waals surface area contributed by atoms with E-state index in [1.807, 2.05) is 32.0 Å². The molecule has 0 bridgehead atoms. The summed E-state index contributed by atoms with van der Waals surface area (Å²) in [5, 5.41) is 6.86. The van der Waals surface area contributed by atoms with Crippen molar-refractivity contribution < 1.29 is 4.74 Å². The lowest BCUT2D eigenvalue weighted by Gasteiger charge is -2.18. The van der Waals surface area contributed by atoms with Gasteiger partial charge in [-0.15, -0.1) is 0 Å². The van der Waals surface area contributed by atoms with Gasteiger partial charge in [-0.1, -0.05) is 12.1 Å². The predicted molar refractivity (Wildman–Crippen MR) is 99.2 cm³/mol. The lowest BCUT2D eigenvalue weighted by Crippen LogP contribution is -2.39. The highest BCUT2D eigenvalue weighted by molar-refractivity contribution is 7.80. The molecule has 2 aromatic rings. The first-order valence-electron chi connectivity index (χ1n) is 7.65. The molecule has 0 aliphatic rings. The van der Waals surface area contributed by atoms with Crippen LogP contribution in [0.15, 0.2) is 36.5 Å². The molecule has 0 saturated heterocycles. The first kappa shape index (κ1) is 17.2. The van der Waals surface area contributed by atoms with E-state index in [1.54, 1.807) is 6.20 Å². The standard InChI is InChI=1S/C18H23N3OS/c1-12-7-8-16(10-14(12)3)22-11-15(4)20-18(23)21-17-13(2)6-5-9-19-17/h5-10,15H,11H2,1-4H3,(H2,19,20,21,23). The quantitative estimate of drug-likeness (QED) is 0.818. The number of hydrogen-bond donors (Lipinski definition) is 2. The molecule has 23 heavy (non-hydrogen) atoms. The highest BCUT2D eigenvalue weighted by atomic mass is 32.1. The average molecular weight is 329 g/mol. The molecule has 0 saturated carbocycles. The molecule has 0 radical (unpaired) electrons. The summed E-state index contributed by atoms with van der Waals surface area (Å²) in [5.74, 6) is 1.65. The van der Waals surface area contributed by atoms with Crippen molar-refractivity contribution in [1.29, 1.82) is 0 Å². The fourth-order valence-corrected chi connectivity index (χ4v) is 2.35. The Balaban J connectivity index is 1.82. The molecule has 0 spiro atoms. The summed E-state index contributed by atoms with van der Waals surface area (Å²) in [5.41, 5.74) is 3.54. The number of anilines is 1. The van der Waals surface area contributed by atoms with Gasteiger partial charge in [0.25, 0.3) is 0 Å². The molecule has 0 aliphatic carbocycles. The van der Waals surface area contributed by atoms with Gasteiger partial charge in [-0.2, -0.15) is 0 Å². The second kappa shape index (κ2) is 7.92. The molecule has 4 nitrogen and oxygen atoms in total. The highest BCUT2D eigenvalue weighted by Gasteiger charge is 2.07. The van der Waals surface area contributed by atoms with Crippen LogP contribution in [0.4, 0.5) is 5.82 Å². The van der Waals surface area contributed by atoms with Crippen molar-refractivity contribution in [2.24, 2.45) is 0 Å². The van der Waals surface area contributed by atoms with E-state index in [0.29, 0.717) is 11.7 Å². The number of benzene rings is 1. The SMILES string of the molecule is Cc1ccc(OCC(C)NC(=S)Nc2ncccc2C)cc1C. The van der Waals surface area contributed by atoms with E-state index in [2.05, 4.69) is 41.6 Å². The minimum Gasteiger partial charge on any atom is -0.491 e. The van der Waals surface area contributed by atoms with Crippen LogP contribution >= 0.6 is 12.2 Å². The highest BCUT2D eigenvalue weighted by Crippen LogP contribution is 2.16. The smallest absolute Gasteiger partial charge is 0.172 e. The molecule has 0 amide bonds. The van der Waals surface area contributed by atoms with E-state index in [4.69, 9.17) is 17.0 Å². The van der Waals surface area contributed by atoms with Gasteiger partial charge in [0.15, 0.2) is 5.11 Å². The first-order valence-corrected chi connectivity index (χ1v) is 8.05. The number of aromatic nitrogens is 1. The number of rotatable bonds is 5. The van der Waals surface area contributed by atoms with Gasteiger partial charge in [0, 0.05) is 6.20 Å². The summed E-state index contributed by atoms with van der Waals surface area (Å²) in [4.78, 5) is 4.27. The number of pyridine rings is 1. The molecule has 5 heteroatoms. The Hall–Kier alpha value is -2.14. The van der Waals surface area contributed by atoms with Crippen LogP contribution in [0.25, 0.3) is 0 Å². The summed E-state index contributed by atoms with van der Waals surface area (Å²) >= 11 is 5.32. The lowest BCUT2D eigenvalue weighted by molar-refractivity contribution is 0.287. The molecule has 122 valence electrons. The Kier molecular flexibility index (Phi) is 5.93. The Morgan fingerprint density at radius 3 is 2.65 bits per heavy atom. The second-order valence-electron chi connectivity index (χ2n) is 5.73. The molecule has 0 aliphatic heterocycles. The zero-order valence-electron chi connectivity index (χ0n) is 14.0. The third-order valence-corrected chi connectivity index (χ3v) is 3.82. The topological polar surface area (TPSA) is 46.2 Å². The van der Waals surface area contributed by atoms with E-state index < -0.39 is 0 Å². The van der Waals surface area contributed by atoms with E-state index in [0.717, 1.165) is 17.1 Å². The molecule has 0 fully saturated rings. The Morgan fingerprint density at radius 2 is 1.96 bits per heavy atom. The van der Waals surface area contributed by atoms with Crippen molar-refractivity contribution in [3.63, 3.8) is 0 Å². The molecule has 1 aromatic heterocycles. The molecule has 1 aromatic carbocycles. The zero-order valence-corrected chi connectivity index (χ0v) is 14.8. The van der Waals surface area contributed by atoms with E-state index in [-0.39, 0.29) is 6.04 Å². The van der Waals surface area contributed by atoms with Crippen LogP contribution in [0.1, 0.15) is 23.6 Å². The monoisotopic (exact) mass is 329 g/mol. The van der Waals surface area contributed by atoms with E-state index in [9.17, 15) is 0 Å². The molecular weight excluding hydrogens is 306 g/mol. The maximum atomic E-state index is 5.81. The molecule has 2 rings (SSSR count). The van der Waals surface area contributed by atoms with Crippen molar-refractivity contribution in [2.45, 2.75) is 33.7 Å². The van der Waals surface area contributed by atoms with Crippen LogP contribution in [0.2, 0.25) is 0 Å². The number of hydrogen-bond acceptors (Lipinski definition) is 3. The normalized spacial score (nSPS) is 11.7. The summed E-state index contributed by atoms with van der Waals surface area (Å²) in [6, 6.07) is 10.1. The number of nitrogens with zero attached hydrogens (tertiary/aromatic N) is 1. The predicted octanol–water partition coefficient (Wildman–Crippen LogP) is 3.76. The second-order valence-corrected chi connectivity index (χ2v) is 6.13. The summed E-state index contributed by atoms with van der Waals surface area (Å²) < 4.78 is 5.81. The molecule has 1 atom stereocenters. The third-order valence-electron chi connectivity index (χ3n) is 3.60. The molecule has 1 unspecified atom stereocenters. The largest absolute Gasteiger partial charge is 0.491 e. The van der Waals surface area contributed by atoms with Crippen LogP contribution in [-0.4, -0.2) is 22.7 Å². The summed E-state index contributed by atoms with van der Waals surface area (Å²) in [7, 11) is 0. The van der Waals surface area contributed by atoms with Crippen molar-refractivity contribution >= 4 is 23.1 Å². The van der Waals surface area contributed by atoms with Gasteiger partial charge in [-0.25, -0.2) is 4.98 Å². The summed E-state index contributed by atoms with van der Waals surface area (Å²) in [6.07, 6.45) is 1.74. The van der Waals surface area contributed by atoms with Gasteiger partial charge in [-0.3, -0.25) is 0 Å². The number of thiocarbonyl (C=S) groups is 1. The van der Waals surface area contributed by atoms with Crippen LogP contribution < -0.4 is 15.4 Å². The third kappa shape index (κ3) is 5.21. The number of ether oxygens (including phenoxy) is 1. The van der Waals surface area contributed by atoms with E-state index >= 15 is 0 Å². The minimum atomic E-state index is 0.0839. The van der Waals surface area contributed by atoms with Crippen molar-refractivity contribution in [1.82, 2.24) is 10.3 Å². The van der Waals surface area contributed by atoms with Gasteiger partial charge in [0.1, 0.15) is 18.2 Å². The van der Waals surface area contributed by atoms with Gasteiger partial charge in [0.05, 0.1) is 6.04 Å². The lowest BCUT2D eigenvalue weighted by atomic mass is 10.1. The Labute approximate surface area is 143 Å². The molecular formula is C18H23N3OS. The molecule has 2 N–H and O–H groups in total. The first-order chi connectivity index (χ1) is 11.0. The van der Waals surface area contributed by atoms with Crippen LogP contribution in [0.5, 0.6) is 5.75 Å². The van der Waals surface area contributed by atoms with Gasteiger partial charge >= 0.3 is 0 Å². The van der Waals surface area contributed by atoms with Gasteiger partial charge < -0.3 is 15.4 Å². The minimum absolute atomic E-state index is 0.0839. The average Bonchev–Trinajstić information content (AvgIpc) is 2.51. The Bertz CT molecular complexity index is 688. The maximum Gasteiger partial charge on any atom is 0.172 e. The Morgan fingerprint density at radius 1 is 1.17 bits per heavy atom. The van der Waals surface area contributed by atoms with Crippen molar-refractivity contribution in [3.8, 4) is 5.75 Å². The van der Waals surface area contributed by atoms with Gasteiger partial charge in [-0.05, 0) is 74.8 Å². The van der Waals surface area contributed by atoms with E-state index in [1.165, 1.54) is 11.1 Å². The summed E-state index contributed by atoms with van der Waals surface area (Å²) in [6.45, 7) is 8.72. The number of nitrogens with one attached hydrogen (secondary N) is 2. The maximum absolute atomic E-state index is 5.81. The van der Waals surface area contributed by atoms with Crippen LogP contribution in [0, 0.1) is 20.8 Å². The fourth-order valence-electron chi connectivity index (χ4n) is 2.05. The van der Waals surface area contributed by atoms with Crippen LogP contribution in [-0.2, 0) is 0 Å². The zero-order chi connectivity index (χ0) is 16.8. The van der Waals surface area contributed by atoms with Gasteiger partial charge in [0.2, 0.25) is 0 Å².